The van der Waals surface area contributed by atoms with Gasteiger partial charge in [-0.2, -0.15) is 0 Å². The van der Waals surface area contributed by atoms with E-state index in [2.05, 4.69) is 0 Å². The molecule has 1 fully saturated rings. The molecule has 1 unspecified atom stereocenters. The average molecular weight is 277 g/mol. The van der Waals surface area contributed by atoms with Crippen molar-refractivity contribution in [2.45, 2.75) is 38.0 Å². The largest absolute Gasteiger partial charge is 0.487 e. The number of hydrogen-bond acceptors (Lipinski definition) is 2. The molecule has 0 saturated heterocycles. The first-order valence-electron chi connectivity index (χ1n) is 6.86. The summed E-state index contributed by atoms with van der Waals surface area (Å²) in [5.74, 6) is 0.651. The molecule has 0 aromatic heterocycles. The van der Waals surface area contributed by atoms with Gasteiger partial charge in [0.2, 0.25) is 0 Å². The van der Waals surface area contributed by atoms with E-state index in [-0.39, 0.29) is 6.04 Å². The van der Waals surface area contributed by atoms with E-state index in [9.17, 15) is 8.78 Å². The van der Waals surface area contributed by atoms with E-state index < -0.39 is 12.5 Å². The minimum absolute atomic E-state index is 0.245. The van der Waals surface area contributed by atoms with Crippen molar-refractivity contribution < 1.29 is 13.5 Å². The Morgan fingerprint density at radius 3 is 2.60 bits per heavy atom. The molecule has 0 amide bonds. The first-order chi connectivity index (χ1) is 9.74. The number of nitrogens with zero attached hydrogens (tertiary/aromatic N) is 1. The average Bonchev–Trinajstić information content (AvgIpc) is 3.30. The predicted octanol–water partition coefficient (Wildman–Crippen LogP) is 3.71. The highest BCUT2D eigenvalue weighted by Crippen LogP contribution is 2.33. The lowest BCUT2D eigenvalue weighted by Crippen LogP contribution is -2.38. The molecule has 4 heteroatoms. The molecule has 20 heavy (non-hydrogen) atoms. The molecular formula is C16H17F2NO. The van der Waals surface area contributed by atoms with Crippen molar-refractivity contribution in [3.8, 4) is 0 Å². The molecule has 1 aliphatic heterocycles. The van der Waals surface area contributed by atoms with Crippen LogP contribution < -0.4 is 0 Å². The Bertz CT molecular complexity index is 508. The van der Waals surface area contributed by atoms with Crippen LogP contribution in [0.15, 0.2) is 54.4 Å². The van der Waals surface area contributed by atoms with Gasteiger partial charge in [-0.1, -0.05) is 36.4 Å². The zero-order valence-electron chi connectivity index (χ0n) is 11.1. The summed E-state index contributed by atoms with van der Waals surface area (Å²) in [6.07, 6.45) is 4.54. The third-order valence-corrected chi connectivity index (χ3v) is 3.55. The summed E-state index contributed by atoms with van der Waals surface area (Å²) in [5.41, 5.74) is 1.07. The molecule has 1 aliphatic carbocycles. The minimum atomic E-state index is -2.36. The van der Waals surface area contributed by atoms with Gasteiger partial charge in [0, 0.05) is 12.2 Å². The van der Waals surface area contributed by atoms with E-state index in [1.54, 1.807) is 23.3 Å². The monoisotopic (exact) mass is 277 g/mol. The van der Waals surface area contributed by atoms with Crippen LogP contribution in [0, 0.1) is 0 Å². The summed E-state index contributed by atoms with van der Waals surface area (Å²) in [6, 6.07) is 9.24. The molecule has 1 heterocycles. The number of rotatable bonds is 5. The molecule has 1 aromatic carbocycles. The lowest BCUT2D eigenvalue weighted by Gasteiger charge is -2.31. The second-order valence-electron chi connectivity index (χ2n) is 5.17. The molecule has 0 N–H and O–H groups in total. The van der Waals surface area contributed by atoms with Crippen molar-refractivity contribution >= 4 is 0 Å². The van der Waals surface area contributed by atoms with Gasteiger partial charge in [-0.3, -0.25) is 0 Å². The maximum absolute atomic E-state index is 13.0. The highest BCUT2D eigenvalue weighted by molar-refractivity contribution is 5.23. The van der Waals surface area contributed by atoms with Crippen LogP contribution in [0.4, 0.5) is 8.78 Å². The van der Waals surface area contributed by atoms with Crippen LogP contribution in [0.3, 0.4) is 0 Å². The Balaban J connectivity index is 1.65. The van der Waals surface area contributed by atoms with Crippen molar-refractivity contribution in [3.05, 3.63) is 60.0 Å². The molecule has 3 rings (SSSR count). The maximum atomic E-state index is 13.0. The van der Waals surface area contributed by atoms with Crippen LogP contribution in [0.1, 0.15) is 18.4 Å². The molecular weight excluding hydrogens is 260 g/mol. The Kier molecular flexibility index (Phi) is 3.72. The first kappa shape index (κ1) is 13.2. The van der Waals surface area contributed by atoms with Gasteiger partial charge in [0.15, 0.2) is 0 Å². The van der Waals surface area contributed by atoms with Gasteiger partial charge in [0.25, 0.3) is 6.43 Å². The minimum Gasteiger partial charge on any atom is -0.487 e. The molecule has 0 spiro atoms. The summed E-state index contributed by atoms with van der Waals surface area (Å²) in [4.78, 5) is 1.74. The second-order valence-corrected chi connectivity index (χ2v) is 5.17. The Labute approximate surface area is 117 Å². The predicted molar refractivity (Wildman–Crippen MR) is 73.1 cm³/mol. The lowest BCUT2D eigenvalue weighted by atomic mass is 10.1. The highest BCUT2D eigenvalue weighted by atomic mass is 19.3. The fraction of sp³-hybridized carbons (Fsp3) is 0.375. The summed E-state index contributed by atoms with van der Waals surface area (Å²) in [7, 11) is 0. The Hall–Kier alpha value is -1.84. The van der Waals surface area contributed by atoms with Crippen LogP contribution in [0.2, 0.25) is 0 Å². The van der Waals surface area contributed by atoms with Crippen LogP contribution in [-0.4, -0.2) is 23.4 Å². The topological polar surface area (TPSA) is 12.5 Å². The summed E-state index contributed by atoms with van der Waals surface area (Å²) >= 11 is 0. The van der Waals surface area contributed by atoms with Crippen LogP contribution >= 0.6 is 0 Å². The van der Waals surface area contributed by atoms with Gasteiger partial charge in [0.05, 0.1) is 0 Å². The first-order valence-corrected chi connectivity index (χ1v) is 6.86. The summed E-state index contributed by atoms with van der Waals surface area (Å²) < 4.78 is 31.6. The molecule has 2 nitrogen and oxygen atoms in total. The standard InChI is InChI=1S/C16H17F2NO/c17-16(18)15-9-8-14(10-19(15)13-6-7-13)20-11-12-4-2-1-3-5-12/h1-5,8-10,13,15-16H,6-7,11H2. The number of benzene rings is 1. The zero-order chi connectivity index (χ0) is 13.9. The van der Waals surface area contributed by atoms with Crippen molar-refractivity contribution in [2.75, 3.05) is 0 Å². The summed E-state index contributed by atoms with van der Waals surface area (Å²) in [5, 5.41) is 0. The number of alkyl halides is 2. The second kappa shape index (κ2) is 5.65. The van der Waals surface area contributed by atoms with Gasteiger partial charge in [-0.25, -0.2) is 8.78 Å². The number of ether oxygens (including phenoxy) is 1. The SMILES string of the molecule is FC(F)C1C=CC(OCc2ccccc2)=CN1C1CC1. The van der Waals surface area contributed by atoms with E-state index in [1.165, 1.54) is 0 Å². The molecule has 106 valence electrons. The lowest BCUT2D eigenvalue weighted by molar-refractivity contribution is 0.0621. The van der Waals surface area contributed by atoms with E-state index >= 15 is 0 Å². The van der Waals surface area contributed by atoms with Gasteiger partial charge in [-0.15, -0.1) is 0 Å². The van der Waals surface area contributed by atoms with Crippen LogP contribution in [0.25, 0.3) is 0 Å². The fourth-order valence-corrected chi connectivity index (χ4v) is 2.33. The van der Waals surface area contributed by atoms with Gasteiger partial charge < -0.3 is 9.64 Å². The molecule has 1 atom stereocenters. The van der Waals surface area contributed by atoms with Crippen LogP contribution in [-0.2, 0) is 11.3 Å². The highest BCUT2D eigenvalue weighted by Gasteiger charge is 2.36. The number of hydrogen-bond donors (Lipinski definition) is 0. The van der Waals surface area contributed by atoms with Crippen LogP contribution in [0.5, 0.6) is 0 Å². The Morgan fingerprint density at radius 2 is 1.95 bits per heavy atom. The number of allylic oxidation sites excluding steroid dienone is 1. The molecule has 1 aromatic rings. The van der Waals surface area contributed by atoms with Crippen molar-refractivity contribution in [3.63, 3.8) is 0 Å². The van der Waals surface area contributed by atoms with E-state index in [0.717, 1.165) is 18.4 Å². The van der Waals surface area contributed by atoms with Gasteiger partial charge in [0.1, 0.15) is 18.4 Å². The smallest absolute Gasteiger partial charge is 0.262 e. The maximum Gasteiger partial charge on any atom is 0.262 e. The molecule has 2 aliphatic rings. The van der Waals surface area contributed by atoms with Gasteiger partial charge >= 0.3 is 0 Å². The van der Waals surface area contributed by atoms with Crippen molar-refractivity contribution in [1.29, 1.82) is 0 Å². The normalized spacial score (nSPS) is 22.1. The van der Waals surface area contributed by atoms with Crippen molar-refractivity contribution in [2.24, 2.45) is 0 Å². The Morgan fingerprint density at radius 1 is 1.20 bits per heavy atom. The van der Waals surface area contributed by atoms with E-state index in [4.69, 9.17) is 4.74 Å². The third-order valence-electron chi connectivity index (χ3n) is 3.55. The quantitative estimate of drug-likeness (QED) is 0.813. The molecule has 1 saturated carbocycles. The van der Waals surface area contributed by atoms with E-state index in [1.807, 2.05) is 30.3 Å². The van der Waals surface area contributed by atoms with Gasteiger partial charge in [-0.05, 0) is 24.5 Å². The number of halogens is 2. The summed E-state index contributed by atoms with van der Waals surface area (Å²) in [6.45, 7) is 0.453. The van der Waals surface area contributed by atoms with E-state index in [0.29, 0.717) is 12.4 Å². The third kappa shape index (κ3) is 3.00. The van der Waals surface area contributed by atoms with Crippen molar-refractivity contribution in [1.82, 2.24) is 4.90 Å². The molecule has 0 bridgehead atoms. The zero-order valence-corrected chi connectivity index (χ0v) is 11.1. The fourth-order valence-electron chi connectivity index (χ4n) is 2.33. The molecule has 0 radical (unpaired) electrons.